The first-order valence-electron chi connectivity index (χ1n) is 8.20. The van der Waals surface area contributed by atoms with Gasteiger partial charge in [0.1, 0.15) is 11.5 Å². The Bertz CT molecular complexity index is 1120. The minimum Gasteiger partial charge on any atom is -0.463 e. The van der Waals surface area contributed by atoms with Crippen molar-refractivity contribution < 1.29 is 9.21 Å². The van der Waals surface area contributed by atoms with Crippen molar-refractivity contribution >= 4 is 28.8 Å². The van der Waals surface area contributed by atoms with Gasteiger partial charge in [-0.05, 0) is 31.2 Å². The smallest absolute Gasteiger partial charge is 0.222 e. The third kappa shape index (κ3) is 3.08. The molecule has 4 rings (SSSR count). The van der Waals surface area contributed by atoms with Gasteiger partial charge >= 0.3 is 0 Å². The van der Waals surface area contributed by atoms with Gasteiger partial charge in [-0.2, -0.15) is 4.98 Å². The summed E-state index contributed by atoms with van der Waals surface area (Å²) >= 11 is 0. The molecule has 1 amide bonds. The van der Waals surface area contributed by atoms with E-state index in [1.807, 2.05) is 13.0 Å². The first-order valence-corrected chi connectivity index (χ1v) is 8.20. The Morgan fingerprint density at radius 3 is 2.81 bits per heavy atom. The number of hydrogen-bond donors (Lipinski definition) is 2. The summed E-state index contributed by atoms with van der Waals surface area (Å²) in [5.74, 6) is 0.882. The molecule has 0 aliphatic carbocycles. The summed E-state index contributed by atoms with van der Waals surface area (Å²) in [5, 5.41) is 11.1. The maximum Gasteiger partial charge on any atom is 0.222 e. The van der Waals surface area contributed by atoms with Crippen molar-refractivity contribution in [3.63, 3.8) is 0 Å². The number of nitrogens with zero attached hydrogens (tertiary/aromatic N) is 6. The first kappa shape index (κ1) is 16.6. The van der Waals surface area contributed by atoms with Crippen LogP contribution in [0.25, 0.3) is 22.6 Å². The van der Waals surface area contributed by atoms with Crippen LogP contribution in [0.5, 0.6) is 0 Å². The monoisotopic (exact) mass is 364 g/mol. The molecular weight excluding hydrogens is 348 g/mol. The fourth-order valence-corrected chi connectivity index (χ4v) is 2.75. The Labute approximate surface area is 153 Å². The molecule has 10 heteroatoms. The molecule has 4 heterocycles. The molecule has 10 nitrogen and oxygen atoms in total. The molecule has 0 fully saturated rings. The fraction of sp³-hybridized carbons (Fsp3) is 0.176. The number of anilines is 2. The number of pyridine rings is 1. The zero-order valence-corrected chi connectivity index (χ0v) is 14.6. The topological polar surface area (TPSA) is 138 Å². The zero-order chi connectivity index (χ0) is 19.0. The standard InChI is InChI=1S/C17H16N8O2/c1-9(11-5-3-7-13(20-11)19-10(2)26)25-16-15(23-24-25)14(21-17(18)22-16)12-6-4-8-27-12/h3-9H,1-2H3,(H2,18,21,22)(H,19,20,26). The Morgan fingerprint density at radius 2 is 2.07 bits per heavy atom. The second kappa shape index (κ2) is 6.48. The van der Waals surface area contributed by atoms with E-state index in [0.29, 0.717) is 34.1 Å². The van der Waals surface area contributed by atoms with Crippen LogP contribution in [0.1, 0.15) is 25.6 Å². The van der Waals surface area contributed by atoms with Crippen molar-refractivity contribution in [1.82, 2.24) is 29.9 Å². The highest BCUT2D eigenvalue weighted by molar-refractivity contribution is 5.87. The number of nitrogens with one attached hydrogen (secondary N) is 1. The lowest BCUT2D eigenvalue weighted by molar-refractivity contribution is -0.114. The van der Waals surface area contributed by atoms with Gasteiger partial charge in [-0.25, -0.2) is 14.6 Å². The molecule has 0 radical (unpaired) electrons. The van der Waals surface area contributed by atoms with E-state index in [0.717, 1.165) is 0 Å². The van der Waals surface area contributed by atoms with Gasteiger partial charge in [0.05, 0.1) is 18.0 Å². The van der Waals surface area contributed by atoms with Gasteiger partial charge in [0, 0.05) is 6.92 Å². The van der Waals surface area contributed by atoms with E-state index in [2.05, 4.69) is 30.6 Å². The predicted molar refractivity (Wildman–Crippen MR) is 97.6 cm³/mol. The molecule has 1 unspecified atom stereocenters. The number of carbonyl (C=O) groups is 1. The van der Waals surface area contributed by atoms with Crippen molar-refractivity contribution in [1.29, 1.82) is 0 Å². The number of nitrogens with two attached hydrogens (primary N) is 1. The van der Waals surface area contributed by atoms with Gasteiger partial charge in [0.2, 0.25) is 11.9 Å². The molecule has 4 aromatic rings. The molecule has 3 N–H and O–H groups in total. The van der Waals surface area contributed by atoms with Gasteiger partial charge < -0.3 is 15.5 Å². The van der Waals surface area contributed by atoms with Crippen LogP contribution in [0, 0.1) is 0 Å². The fourth-order valence-electron chi connectivity index (χ4n) is 2.75. The number of rotatable bonds is 4. The molecule has 0 spiro atoms. The van der Waals surface area contributed by atoms with Crippen LogP contribution in [0.15, 0.2) is 41.0 Å². The Morgan fingerprint density at radius 1 is 1.22 bits per heavy atom. The Kier molecular flexibility index (Phi) is 3.99. The molecule has 0 saturated heterocycles. The van der Waals surface area contributed by atoms with Gasteiger partial charge in [-0.3, -0.25) is 4.79 Å². The van der Waals surface area contributed by atoms with Crippen molar-refractivity contribution in [2.75, 3.05) is 11.1 Å². The molecule has 0 bridgehead atoms. The van der Waals surface area contributed by atoms with Gasteiger partial charge in [-0.15, -0.1) is 5.10 Å². The summed E-state index contributed by atoms with van der Waals surface area (Å²) in [4.78, 5) is 24.2. The van der Waals surface area contributed by atoms with Gasteiger partial charge in [-0.1, -0.05) is 11.3 Å². The van der Waals surface area contributed by atoms with E-state index in [1.54, 1.807) is 35.2 Å². The van der Waals surface area contributed by atoms with Gasteiger partial charge in [0.25, 0.3) is 0 Å². The highest BCUT2D eigenvalue weighted by Gasteiger charge is 2.21. The maximum atomic E-state index is 11.3. The van der Waals surface area contributed by atoms with E-state index < -0.39 is 0 Å². The van der Waals surface area contributed by atoms with Crippen LogP contribution in [0.4, 0.5) is 11.8 Å². The summed E-state index contributed by atoms with van der Waals surface area (Å²) in [7, 11) is 0. The quantitative estimate of drug-likeness (QED) is 0.561. The lowest BCUT2D eigenvalue weighted by Crippen LogP contribution is -2.14. The molecule has 0 aliphatic rings. The Balaban J connectivity index is 1.79. The summed E-state index contributed by atoms with van der Waals surface area (Å²) in [6.45, 7) is 3.33. The van der Waals surface area contributed by atoms with Crippen LogP contribution in [0.2, 0.25) is 0 Å². The SMILES string of the molecule is CC(=O)Nc1cccc(C(C)n2nnc3c(-c4ccco4)nc(N)nc32)n1. The van der Waals surface area contributed by atoms with Crippen LogP contribution in [-0.4, -0.2) is 35.9 Å². The van der Waals surface area contributed by atoms with Crippen LogP contribution < -0.4 is 11.1 Å². The van der Waals surface area contributed by atoms with E-state index >= 15 is 0 Å². The average molecular weight is 364 g/mol. The number of aromatic nitrogens is 6. The van der Waals surface area contributed by atoms with Crippen LogP contribution in [-0.2, 0) is 4.79 Å². The van der Waals surface area contributed by atoms with Crippen LogP contribution >= 0.6 is 0 Å². The molecule has 1 atom stereocenters. The third-order valence-electron chi connectivity index (χ3n) is 3.97. The molecule has 0 aromatic carbocycles. The van der Waals surface area contributed by atoms with Crippen LogP contribution in [0.3, 0.4) is 0 Å². The van der Waals surface area contributed by atoms with Crippen molar-refractivity contribution in [3.8, 4) is 11.5 Å². The average Bonchev–Trinajstić information content (AvgIpc) is 3.30. The summed E-state index contributed by atoms with van der Waals surface area (Å²) in [5.41, 5.74) is 7.98. The summed E-state index contributed by atoms with van der Waals surface area (Å²) in [6.07, 6.45) is 1.55. The lowest BCUT2D eigenvalue weighted by Gasteiger charge is -2.13. The number of fused-ring (bicyclic) bond motifs is 1. The number of hydrogen-bond acceptors (Lipinski definition) is 8. The first-order chi connectivity index (χ1) is 13.0. The molecule has 136 valence electrons. The van der Waals surface area contributed by atoms with E-state index in [-0.39, 0.29) is 17.9 Å². The van der Waals surface area contributed by atoms with E-state index in [9.17, 15) is 4.79 Å². The van der Waals surface area contributed by atoms with Crippen molar-refractivity contribution in [2.45, 2.75) is 19.9 Å². The number of carbonyl (C=O) groups excluding carboxylic acids is 1. The van der Waals surface area contributed by atoms with Crippen molar-refractivity contribution in [2.24, 2.45) is 0 Å². The largest absolute Gasteiger partial charge is 0.463 e. The molecule has 27 heavy (non-hydrogen) atoms. The highest BCUT2D eigenvalue weighted by Crippen LogP contribution is 2.28. The predicted octanol–water partition coefficient (Wildman–Crippen LogP) is 2.03. The minimum absolute atomic E-state index is 0.0876. The lowest BCUT2D eigenvalue weighted by atomic mass is 10.2. The second-order valence-electron chi connectivity index (χ2n) is 5.92. The normalized spacial score (nSPS) is 12.2. The van der Waals surface area contributed by atoms with E-state index in [1.165, 1.54) is 6.92 Å². The second-order valence-corrected chi connectivity index (χ2v) is 5.92. The van der Waals surface area contributed by atoms with Gasteiger partial charge in [0.15, 0.2) is 16.9 Å². The minimum atomic E-state index is -0.303. The van der Waals surface area contributed by atoms with Crippen molar-refractivity contribution in [3.05, 3.63) is 42.3 Å². The number of furan rings is 1. The summed E-state index contributed by atoms with van der Waals surface area (Å²) < 4.78 is 7.03. The number of amides is 1. The molecule has 0 saturated carbocycles. The molecule has 4 aromatic heterocycles. The Hall–Kier alpha value is -3.82. The molecule has 0 aliphatic heterocycles. The third-order valence-corrected chi connectivity index (χ3v) is 3.97. The number of nitrogen functional groups attached to an aromatic ring is 1. The van der Waals surface area contributed by atoms with E-state index in [4.69, 9.17) is 10.2 Å². The zero-order valence-electron chi connectivity index (χ0n) is 14.6. The highest BCUT2D eigenvalue weighted by atomic mass is 16.3. The summed E-state index contributed by atoms with van der Waals surface area (Å²) in [6, 6.07) is 8.57. The maximum absolute atomic E-state index is 11.3. The molecular formula is C17H16N8O2.